The van der Waals surface area contributed by atoms with Crippen molar-refractivity contribution >= 4 is 24.0 Å². The topological polar surface area (TPSA) is 98.3 Å². The number of nitro benzene ring substituents is 1. The van der Waals surface area contributed by atoms with Gasteiger partial charge >= 0.3 is 0 Å². The number of carbonyl (C=O) groups excluding carboxylic acids is 1. The average Bonchev–Trinajstić information content (AvgIpc) is 2.43. The third-order valence-corrected chi connectivity index (χ3v) is 3.20. The van der Waals surface area contributed by atoms with Crippen molar-refractivity contribution in [2.75, 3.05) is 0 Å². The van der Waals surface area contributed by atoms with Crippen LogP contribution in [0.25, 0.3) is 0 Å². The number of nitrogens with zero attached hydrogens (tertiary/aromatic N) is 1. The van der Waals surface area contributed by atoms with E-state index in [0.29, 0.717) is 5.56 Å². The van der Waals surface area contributed by atoms with E-state index in [4.69, 9.17) is 5.73 Å². The second-order valence-electron chi connectivity index (χ2n) is 4.51. The van der Waals surface area contributed by atoms with Crippen LogP contribution in [0.3, 0.4) is 0 Å². The van der Waals surface area contributed by atoms with Crippen LogP contribution in [0, 0.1) is 16.0 Å². The van der Waals surface area contributed by atoms with Crippen LogP contribution in [0.4, 0.5) is 5.69 Å². The lowest BCUT2D eigenvalue weighted by Crippen LogP contribution is -2.44. The quantitative estimate of drug-likeness (QED) is 0.620. The van der Waals surface area contributed by atoms with E-state index in [9.17, 15) is 14.9 Å². The maximum absolute atomic E-state index is 11.8. The van der Waals surface area contributed by atoms with Crippen molar-refractivity contribution in [3.8, 4) is 0 Å². The Morgan fingerprint density at radius 1 is 1.45 bits per heavy atom. The van der Waals surface area contributed by atoms with Crippen LogP contribution in [0.2, 0.25) is 0 Å². The highest BCUT2D eigenvalue weighted by molar-refractivity contribution is 5.85. The van der Waals surface area contributed by atoms with Gasteiger partial charge in [-0.2, -0.15) is 0 Å². The molecule has 2 atom stereocenters. The van der Waals surface area contributed by atoms with Crippen LogP contribution < -0.4 is 11.1 Å². The summed E-state index contributed by atoms with van der Waals surface area (Å²) in [6, 6.07) is 5.73. The summed E-state index contributed by atoms with van der Waals surface area (Å²) >= 11 is 0. The Balaban J connectivity index is 0.00000361. The molecule has 0 saturated heterocycles. The van der Waals surface area contributed by atoms with Gasteiger partial charge in [0.05, 0.1) is 11.0 Å². The van der Waals surface area contributed by atoms with Gasteiger partial charge in [0.1, 0.15) is 0 Å². The Morgan fingerprint density at radius 2 is 2.05 bits per heavy atom. The van der Waals surface area contributed by atoms with E-state index in [2.05, 4.69) is 5.32 Å². The zero-order chi connectivity index (χ0) is 14.4. The van der Waals surface area contributed by atoms with Crippen molar-refractivity contribution in [2.24, 2.45) is 11.7 Å². The third kappa shape index (κ3) is 4.79. The molecule has 0 spiro atoms. The number of nitrogens with two attached hydrogens (primary N) is 1. The molecular weight excluding hydrogens is 282 g/mol. The van der Waals surface area contributed by atoms with E-state index in [1.54, 1.807) is 18.2 Å². The molecule has 1 aromatic rings. The molecule has 1 amide bonds. The number of amides is 1. The van der Waals surface area contributed by atoms with Crippen LogP contribution in [0.5, 0.6) is 0 Å². The zero-order valence-corrected chi connectivity index (χ0v) is 12.4. The molecule has 20 heavy (non-hydrogen) atoms. The molecule has 2 unspecified atom stereocenters. The van der Waals surface area contributed by atoms with Gasteiger partial charge in [0.25, 0.3) is 5.69 Å². The molecule has 0 saturated carbocycles. The van der Waals surface area contributed by atoms with Gasteiger partial charge in [0.15, 0.2) is 0 Å². The number of hydrogen-bond acceptors (Lipinski definition) is 4. The number of hydrogen-bond donors (Lipinski definition) is 2. The molecule has 0 aliphatic heterocycles. The van der Waals surface area contributed by atoms with Gasteiger partial charge in [-0.05, 0) is 5.92 Å². The lowest BCUT2D eigenvalue weighted by atomic mass is 9.99. The summed E-state index contributed by atoms with van der Waals surface area (Å²) in [7, 11) is 0. The molecule has 3 N–H and O–H groups in total. The molecule has 0 aliphatic carbocycles. The highest BCUT2D eigenvalue weighted by Crippen LogP contribution is 2.17. The van der Waals surface area contributed by atoms with E-state index in [1.807, 2.05) is 13.8 Å². The molecule has 0 bridgehead atoms. The van der Waals surface area contributed by atoms with Crippen LogP contribution in [-0.2, 0) is 11.3 Å². The van der Waals surface area contributed by atoms with Gasteiger partial charge < -0.3 is 11.1 Å². The number of nitro groups is 1. The number of benzene rings is 1. The first-order valence-electron chi connectivity index (χ1n) is 6.23. The number of nitrogens with one attached hydrogen (secondary N) is 1. The summed E-state index contributed by atoms with van der Waals surface area (Å²) in [5, 5.41) is 13.5. The molecule has 1 aromatic carbocycles. The Kier molecular flexibility index (Phi) is 7.79. The van der Waals surface area contributed by atoms with Gasteiger partial charge in [0.2, 0.25) is 5.91 Å². The zero-order valence-electron chi connectivity index (χ0n) is 11.5. The number of halogens is 1. The first kappa shape index (κ1) is 18.3. The molecule has 112 valence electrons. The smallest absolute Gasteiger partial charge is 0.274 e. The first-order chi connectivity index (χ1) is 8.97. The molecule has 0 aliphatic rings. The Hall–Kier alpha value is -1.66. The number of rotatable bonds is 6. The maximum Gasteiger partial charge on any atom is 0.274 e. The minimum absolute atomic E-state index is 0. The van der Waals surface area contributed by atoms with Crippen molar-refractivity contribution < 1.29 is 9.72 Å². The average molecular weight is 302 g/mol. The molecular formula is C13H20ClN3O3. The van der Waals surface area contributed by atoms with Crippen molar-refractivity contribution in [1.82, 2.24) is 5.32 Å². The summed E-state index contributed by atoms with van der Waals surface area (Å²) in [4.78, 5) is 22.2. The molecule has 0 aromatic heterocycles. The van der Waals surface area contributed by atoms with Crippen LogP contribution in [0.15, 0.2) is 24.3 Å². The molecule has 0 radical (unpaired) electrons. The highest BCUT2D eigenvalue weighted by atomic mass is 35.5. The Bertz CT molecular complexity index is 468. The van der Waals surface area contributed by atoms with Gasteiger partial charge in [-0.25, -0.2) is 0 Å². The van der Waals surface area contributed by atoms with Gasteiger partial charge in [-0.15, -0.1) is 12.4 Å². The molecule has 7 heteroatoms. The largest absolute Gasteiger partial charge is 0.350 e. The van der Waals surface area contributed by atoms with E-state index >= 15 is 0 Å². The predicted molar refractivity (Wildman–Crippen MR) is 79.6 cm³/mol. The second-order valence-corrected chi connectivity index (χ2v) is 4.51. The normalized spacial score (nSPS) is 12.9. The molecule has 0 heterocycles. The molecule has 0 fully saturated rings. The minimum atomic E-state index is -0.590. The van der Waals surface area contributed by atoms with Crippen molar-refractivity contribution in [3.05, 3.63) is 39.9 Å². The van der Waals surface area contributed by atoms with Gasteiger partial charge in [-0.3, -0.25) is 14.9 Å². The standard InChI is InChI=1S/C13H19N3O3.ClH/c1-3-9(2)12(14)13(17)15-8-10-6-4-5-7-11(10)16(18)19;/h4-7,9,12H,3,8,14H2,1-2H3,(H,15,17);1H. The van der Waals surface area contributed by atoms with Crippen molar-refractivity contribution in [3.63, 3.8) is 0 Å². The van der Waals surface area contributed by atoms with E-state index in [-0.39, 0.29) is 36.5 Å². The van der Waals surface area contributed by atoms with Crippen LogP contribution in [0.1, 0.15) is 25.8 Å². The Morgan fingerprint density at radius 3 is 2.60 bits per heavy atom. The lowest BCUT2D eigenvalue weighted by Gasteiger charge is -2.17. The summed E-state index contributed by atoms with van der Waals surface area (Å²) in [6.07, 6.45) is 0.806. The van der Waals surface area contributed by atoms with Gasteiger partial charge in [0, 0.05) is 18.2 Å². The fraction of sp³-hybridized carbons (Fsp3) is 0.462. The number of para-hydroxylation sites is 1. The SMILES string of the molecule is CCC(C)C(N)C(=O)NCc1ccccc1[N+](=O)[O-].Cl. The predicted octanol–water partition coefficient (Wildman–Crippen LogP) is 2.01. The van der Waals surface area contributed by atoms with Crippen LogP contribution in [-0.4, -0.2) is 16.9 Å². The second kappa shape index (κ2) is 8.50. The first-order valence-corrected chi connectivity index (χ1v) is 6.23. The van der Waals surface area contributed by atoms with Crippen molar-refractivity contribution in [2.45, 2.75) is 32.9 Å². The van der Waals surface area contributed by atoms with Crippen molar-refractivity contribution in [1.29, 1.82) is 0 Å². The van der Waals surface area contributed by atoms with Gasteiger partial charge in [-0.1, -0.05) is 38.5 Å². The lowest BCUT2D eigenvalue weighted by molar-refractivity contribution is -0.385. The maximum atomic E-state index is 11.8. The van der Waals surface area contributed by atoms with E-state index in [0.717, 1.165) is 6.42 Å². The number of carbonyl (C=O) groups is 1. The summed E-state index contributed by atoms with van der Waals surface area (Å²) in [5.41, 5.74) is 6.26. The molecule has 1 rings (SSSR count). The van der Waals surface area contributed by atoms with E-state index < -0.39 is 11.0 Å². The minimum Gasteiger partial charge on any atom is -0.350 e. The monoisotopic (exact) mass is 301 g/mol. The third-order valence-electron chi connectivity index (χ3n) is 3.20. The summed E-state index contributed by atoms with van der Waals surface area (Å²) in [5.74, 6) is -0.210. The molecule has 6 nitrogen and oxygen atoms in total. The Labute approximate surface area is 124 Å². The highest BCUT2D eigenvalue weighted by Gasteiger charge is 2.20. The van der Waals surface area contributed by atoms with E-state index in [1.165, 1.54) is 6.07 Å². The summed E-state index contributed by atoms with van der Waals surface area (Å²) < 4.78 is 0. The summed E-state index contributed by atoms with van der Waals surface area (Å²) in [6.45, 7) is 3.97. The fourth-order valence-electron chi connectivity index (χ4n) is 1.65. The fourth-order valence-corrected chi connectivity index (χ4v) is 1.65. The van der Waals surface area contributed by atoms with Crippen LogP contribution >= 0.6 is 12.4 Å².